The number of piperidine rings is 1. The monoisotopic (exact) mass is 462 g/mol. The number of likely N-dealkylation sites (tertiary alicyclic amines) is 1. The van der Waals surface area contributed by atoms with Gasteiger partial charge in [0.05, 0.1) is 5.69 Å². The van der Waals surface area contributed by atoms with Crippen LogP contribution in [0.15, 0.2) is 24.3 Å². The largest absolute Gasteiger partial charge is 0.433 e. The van der Waals surface area contributed by atoms with Crippen LogP contribution in [-0.4, -0.2) is 38.0 Å². The summed E-state index contributed by atoms with van der Waals surface area (Å²) in [5, 5.41) is 3.95. The van der Waals surface area contributed by atoms with E-state index in [4.69, 9.17) is 11.6 Å². The third kappa shape index (κ3) is 3.27. The van der Waals surface area contributed by atoms with Crippen molar-refractivity contribution >= 4 is 23.2 Å². The number of halogens is 4. The van der Waals surface area contributed by atoms with Crippen molar-refractivity contribution in [1.82, 2.24) is 19.5 Å². The molecule has 1 saturated heterocycles. The summed E-state index contributed by atoms with van der Waals surface area (Å²) in [6.07, 6.45) is -2.19. The minimum atomic E-state index is -4.68. The number of nitrogens with zero attached hydrogens (tertiary/aromatic N) is 4. The van der Waals surface area contributed by atoms with Crippen LogP contribution in [0.1, 0.15) is 54.0 Å². The first-order valence-corrected chi connectivity index (χ1v) is 11.1. The van der Waals surface area contributed by atoms with Gasteiger partial charge in [0.15, 0.2) is 17.0 Å². The number of alkyl halides is 3. The summed E-state index contributed by atoms with van der Waals surface area (Å²) in [6.45, 7) is 4.50. The summed E-state index contributed by atoms with van der Waals surface area (Å²) in [4.78, 5) is 19.5. The van der Waals surface area contributed by atoms with E-state index in [0.29, 0.717) is 24.4 Å². The van der Waals surface area contributed by atoms with Crippen LogP contribution < -0.4 is 0 Å². The van der Waals surface area contributed by atoms with Gasteiger partial charge in [0.25, 0.3) is 5.91 Å². The molecule has 1 aliphatic heterocycles. The third-order valence-corrected chi connectivity index (χ3v) is 6.92. The molecule has 0 bridgehead atoms. The number of carbonyl (C=O) groups excluding carboxylic acids is 1. The van der Waals surface area contributed by atoms with E-state index < -0.39 is 17.8 Å². The van der Waals surface area contributed by atoms with Gasteiger partial charge in [-0.3, -0.25) is 4.79 Å². The molecular formula is C23H22ClF3N4O. The number of benzene rings is 1. The Morgan fingerprint density at radius 2 is 1.91 bits per heavy atom. The van der Waals surface area contributed by atoms with Crippen LogP contribution >= 0.6 is 11.6 Å². The topological polar surface area (TPSA) is 50.5 Å². The van der Waals surface area contributed by atoms with Crippen LogP contribution in [0.5, 0.6) is 0 Å². The summed E-state index contributed by atoms with van der Waals surface area (Å²) in [7, 11) is 0. The number of aryl methyl sites for hydroxylation is 1. The lowest BCUT2D eigenvalue weighted by atomic mass is 9.88. The molecule has 1 aliphatic carbocycles. The zero-order valence-electron chi connectivity index (χ0n) is 17.7. The first-order chi connectivity index (χ1) is 15.2. The molecule has 1 fully saturated rings. The van der Waals surface area contributed by atoms with Gasteiger partial charge in [0, 0.05) is 23.7 Å². The van der Waals surface area contributed by atoms with Gasteiger partial charge in [-0.1, -0.05) is 42.8 Å². The van der Waals surface area contributed by atoms with Crippen molar-refractivity contribution < 1.29 is 18.0 Å². The lowest BCUT2D eigenvalue weighted by molar-refractivity contribution is -0.143. The minimum absolute atomic E-state index is 0.0327. The first-order valence-electron chi connectivity index (χ1n) is 10.7. The van der Waals surface area contributed by atoms with Gasteiger partial charge in [-0.2, -0.15) is 18.3 Å². The SMILES string of the molecule is CC1CCC(C)N(C(=O)c2nn3c(C(F)(F)F)c4c(nc3c2Cl)-c2ccccc2CC4)C1. The lowest BCUT2D eigenvalue weighted by Crippen LogP contribution is -2.45. The number of rotatable bonds is 1. The van der Waals surface area contributed by atoms with Gasteiger partial charge in [-0.25, -0.2) is 9.50 Å². The van der Waals surface area contributed by atoms with Crippen molar-refractivity contribution in [2.75, 3.05) is 6.54 Å². The number of fused-ring (bicyclic) bond motifs is 4. The summed E-state index contributed by atoms with van der Waals surface area (Å²) in [5.74, 6) is -0.148. The minimum Gasteiger partial charge on any atom is -0.334 e. The van der Waals surface area contributed by atoms with Gasteiger partial charge in [0.2, 0.25) is 0 Å². The Labute approximate surface area is 188 Å². The Morgan fingerprint density at radius 3 is 2.66 bits per heavy atom. The molecule has 0 N–H and O–H groups in total. The molecule has 1 amide bonds. The number of carbonyl (C=O) groups is 1. The van der Waals surface area contributed by atoms with E-state index in [0.717, 1.165) is 22.9 Å². The Morgan fingerprint density at radius 1 is 1.16 bits per heavy atom. The fourth-order valence-corrected chi connectivity index (χ4v) is 5.12. The molecule has 2 aliphatic rings. The van der Waals surface area contributed by atoms with Crippen molar-refractivity contribution in [2.45, 2.75) is 51.7 Å². The van der Waals surface area contributed by atoms with Crippen molar-refractivity contribution in [1.29, 1.82) is 0 Å². The molecule has 0 radical (unpaired) electrons. The van der Waals surface area contributed by atoms with Crippen LogP contribution in [0.25, 0.3) is 16.9 Å². The Kier molecular flexibility index (Phi) is 4.96. The number of hydrogen-bond donors (Lipinski definition) is 0. The zero-order chi connectivity index (χ0) is 22.8. The van der Waals surface area contributed by atoms with E-state index in [-0.39, 0.29) is 40.1 Å². The second-order valence-corrected chi connectivity index (χ2v) is 9.21. The predicted octanol–water partition coefficient (Wildman–Crippen LogP) is 5.43. The Bertz CT molecular complexity index is 1240. The average molecular weight is 463 g/mol. The van der Waals surface area contributed by atoms with Crippen molar-refractivity contribution in [3.63, 3.8) is 0 Å². The normalized spacial score (nSPS) is 20.9. The van der Waals surface area contributed by atoms with Crippen LogP contribution in [0.2, 0.25) is 5.02 Å². The number of aromatic nitrogens is 3. The standard InChI is InChI=1S/C23H22ClF3N4O/c1-12-7-8-13(2)30(11-12)22(32)19-17(24)21-28-18-15-6-4-3-5-14(15)9-10-16(18)20(23(25,26)27)31(21)29-19/h3-6,12-13H,7-11H2,1-2H3. The predicted molar refractivity (Wildman–Crippen MR) is 115 cm³/mol. The van der Waals surface area contributed by atoms with Gasteiger partial charge in [0.1, 0.15) is 5.02 Å². The smallest absolute Gasteiger partial charge is 0.334 e. The van der Waals surface area contributed by atoms with E-state index in [1.807, 2.05) is 26.0 Å². The molecule has 2 atom stereocenters. The molecule has 5 rings (SSSR count). The quantitative estimate of drug-likeness (QED) is 0.484. The van der Waals surface area contributed by atoms with Gasteiger partial charge < -0.3 is 4.90 Å². The maximum atomic E-state index is 14.3. The van der Waals surface area contributed by atoms with Crippen molar-refractivity contribution in [3.05, 3.63) is 51.8 Å². The molecule has 3 aromatic rings. The summed E-state index contributed by atoms with van der Waals surface area (Å²) < 4.78 is 43.5. The molecule has 5 nitrogen and oxygen atoms in total. The molecule has 0 saturated carbocycles. The van der Waals surface area contributed by atoms with Crippen molar-refractivity contribution in [3.8, 4) is 11.3 Å². The first kappa shape index (κ1) is 21.2. The maximum Gasteiger partial charge on any atom is 0.433 e. The highest BCUT2D eigenvalue weighted by atomic mass is 35.5. The van der Waals surface area contributed by atoms with E-state index in [1.165, 1.54) is 0 Å². The number of amides is 1. The van der Waals surface area contributed by atoms with Crippen LogP contribution in [0.4, 0.5) is 13.2 Å². The van der Waals surface area contributed by atoms with Gasteiger partial charge in [-0.05, 0) is 44.1 Å². The van der Waals surface area contributed by atoms with Gasteiger partial charge >= 0.3 is 6.18 Å². The van der Waals surface area contributed by atoms with E-state index in [2.05, 4.69) is 10.1 Å². The molecule has 2 unspecified atom stereocenters. The summed E-state index contributed by atoms with van der Waals surface area (Å²) >= 11 is 6.49. The highest BCUT2D eigenvalue weighted by molar-refractivity contribution is 6.36. The maximum absolute atomic E-state index is 14.3. The highest BCUT2D eigenvalue weighted by Gasteiger charge is 2.41. The Hall–Kier alpha value is -2.61. The molecular weight excluding hydrogens is 441 g/mol. The van der Waals surface area contributed by atoms with Crippen LogP contribution in [0, 0.1) is 5.92 Å². The van der Waals surface area contributed by atoms with E-state index in [1.54, 1.807) is 17.0 Å². The van der Waals surface area contributed by atoms with E-state index in [9.17, 15) is 18.0 Å². The fraction of sp³-hybridized carbons (Fsp3) is 0.435. The second-order valence-electron chi connectivity index (χ2n) is 8.83. The van der Waals surface area contributed by atoms with Crippen molar-refractivity contribution in [2.24, 2.45) is 5.92 Å². The average Bonchev–Trinajstić information content (AvgIpc) is 3.08. The zero-order valence-corrected chi connectivity index (χ0v) is 18.5. The lowest BCUT2D eigenvalue weighted by Gasteiger charge is -2.36. The Balaban J connectivity index is 1.73. The molecule has 9 heteroatoms. The summed E-state index contributed by atoms with van der Waals surface area (Å²) in [6, 6.07) is 7.26. The fourth-order valence-electron chi connectivity index (χ4n) is 4.88. The molecule has 2 aromatic heterocycles. The van der Waals surface area contributed by atoms with Crippen LogP contribution in [-0.2, 0) is 19.0 Å². The third-order valence-electron chi connectivity index (χ3n) is 6.57. The molecule has 32 heavy (non-hydrogen) atoms. The van der Waals surface area contributed by atoms with Gasteiger partial charge in [-0.15, -0.1) is 0 Å². The molecule has 1 aromatic carbocycles. The molecule has 168 valence electrons. The molecule has 3 heterocycles. The van der Waals surface area contributed by atoms with E-state index >= 15 is 0 Å². The van der Waals surface area contributed by atoms with Crippen LogP contribution in [0.3, 0.4) is 0 Å². The number of hydrogen-bond acceptors (Lipinski definition) is 3. The highest BCUT2D eigenvalue weighted by Crippen LogP contribution is 2.42. The second kappa shape index (κ2) is 7.47. The summed E-state index contributed by atoms with van der Waals surface area (Å²) in [5.41, 5.74) is 0.706. The molecule has 0 spiro atoms.